The average Bonchev–Trinajstić information content (AvgIpc) is 1.97. The van der Waals surface area contributed by atoms with E-state index in [0.717, 1.165) is 19.3 Å². The Bertz CT molecular complexity index is 171. The van der Waals surface area contributed by atoms with Gasteiger partial charge in [-0.25, -0.2) is 0 Å². The Balaban J connectivity index is 3.31. The van der Waals surface area contributed by atoms with Gasteiger partial charge < -0.3 is 0 Å². The fourth-order valence-corrected chi connectivity index (χ4v) is 0.977. The van der Waals surface area contributed by atoms with Crippen LogP contribution in [0, 0.1) is 0 Å². The molecule has 0 heterocycles. The van der Waals surface area contributed by atoms with Gasteiger partial charge in [0.2, 0.25) is 0 Å². The second-order valence-electron chi connectivity index (χ2n) is 2.95. The van der Waals surface area contributed by atoms with Gasteiger partial charge in [0.05, 0.1) is 6.42 Å². The quantitative estimate of drug-likeness (QED) is 0.332. The summed E-state index contributed by atoms with van der Waals surface area (Å²) in [6.07, 6.45) is 5.30. The molecule has 0 aliphatic rings. The van der Waals surface area contributed by atoms with Gasteiger partial charge in [0, 0.05) is 6.42 Å². The van der Waals surface area contributed by atoms with E-state index >= 15 is 0 Å². The minimum absolute atomic E-state index is 0.0382. The van der Waals surface area contributed by atoms with Crippen molar-refractivity contribution >= 4 is 11.6 Å². The third kappa shape index (κ3) is 7.19. The summed E-state index contributed by atoms with van der Waals surface area (Å²) in [5.41, 5.74) is 0. The van der Waals surface area contributed by atoms with Gasteiger partial charge in [-0.15, -0.1) is 6.58 Å². The van der Waals surface area contributed by atoms with Crippen LogP contribution in [0.2, 0.25) is 0 Å². The fraction of sp³-hybridized carbons (Fsp3) is 0.600. The lowest BCUT2D eigenvalue weighted by Gasteiger charge is -1.96. The van der Waals surface area contributed by atoms with Crippen molar-refractivity contribution in [1.29, 1.82) is 0 Å². The van der Waals surface area contributed by atoms with E-state index in [1.54, 1.807) is 0 Å². The van der Waals surface area contributed by atoms with Crippen molar-refractivity contribution in [2.75, 3.05) is 0 Å². The van der Waals surface area contributed by atoms with Gasteiger partial charge in [-0.3, -0.25) is 9.59 Å². The maximum Gasteiger partial charge on any atom is 0.140 e. The molecule has 0 atom stereocenters. The van der Waals surface area contributed by atoms with Gasteiger partial charge in [0.25, 0.3) is 0 Å². The van der Waals surface area contributed by atoms with E-state index in [9.17, 15) is 9.59 Å². The summed E-state index contributed by atoms with van der Waals surface area (Å²) in [4.78, 5) is 21.5. The molecular weight excluding hydrogens is 152 g/mol. The number of allylic oxidation sites excluding steroid dienone is 1. The van der Waals surface area contributed by atoms with Crippen LogP contribution in [0.5, 0.6) is 0 Å². The van der Waals surface area contributed by atoms with Gasteiger partial charge in [-0.2, -0.15) is 0 Å². The van der Waals surface area contributed by atoms with Crippen LogP contribution in [0.4, 0.5) is 0 Å². The van der Waals surface area contributed by atoms with Crippen LogP contribution in [-0.2, 0) is 9.59 Å². The van der Waals surface area contributed by atoms with Gasteiger partial charge in [0.1, 0.15) is 11.6 Å². The molecule has 0 amide bonds. The number of hydrogen-bond acceptors (Lipinski definition) is 2. The molecule has 0 N–H and O–H groups in total. The molecule has 2 nitrogen and oxygen atoms in total. The molecule has 2 heteroatoms. The molecule has 0 fully saturated rings. The molecule has 68 valence electrons. The van der Waals surface area contributed by atoms with E-state index in [1.807, 2.05) is 6.08 Å². The largest absolute Gasteiger partial charge is 0.300 e. The van der Waals surface area contributed by atoms with Crippen LogP contribution in [0.15, 0.2) is 12.7 Å². The van der Waals surface area contributed by atoms with Gasteiger partial charge in [-0.1, -0.05) is 6.08 Å². The molecule has 0 bridgehead atoms. The smallest absolute Gasteiger partial charge is 0.140 e. The van der Waals surface area contributed by atoms with Gasteiger partial charge >= 0.3 is 0 Å². The Kier molecular flexibility index (Phi) is 6.25. The summed E-state index contributed by atoms with van der Waals surface area (Å²) in [6.45, 7) is 5.03. The topological polar surface area (TPSA) is 34.1 Å². The van der Waals surface area contributed by atoms with Crippen LogP contribution < -0.4 is 0 Å². The fourth-order valence-electron chi connectivity index (χ4n) is 0.977. The maximum atomic E-state index is 11.0. The summed E-state index contributed by atoms with van der Waals surface area (Å²) in [6, 6.07) is 0. The molecule has 0 aliphatic carbocycles. The summed E-state index contributed by atoms with van der Waals surface area (Å²) in [5, 5.41) is 0. The molecule has 0 aromatic heterocycles. The van der Waals surface area contributed by atoms with Crippen molar-refractivity contribution in [2.45, 2.75) is 39.0 Å². The SMILES string of the molecule is C=CCCCCC(=O)CC(C)=O. The Morgan fingerprint density at radius 2 is 2.00 bits per heavy atom. The van der Waals surface area contributed by atoms with Crippen LogP contribution in [0.25, 0.3) is 0 Å². The van der Waals surface area contributed by atoms with Crippen molar-refractivity contribution in [3.63, 3.8) is 0 Å². The second-order valence-corrected chi connectivity index (χ2v) is 2.95. The highest BCUT2D eigenvalue weighted by Gasteiger charge is 2.03. The first-order valence-electron chi connectivity index (χ1n) is 4.29. The van der Waals surface area contributed by atoms with Crippen LogP contribution in [0.3, 0.4) is 0 Å². The Labute approximate surface area is 73.7 Å². The second kappa shape index (κ2) is 6.77. The van der Waals surface area contributed by atoms with E-state index < -0.39 is 0 Å². The third-order valence-corrected chi connectivity index (χ3v) is 1.56. The number of unbranched alkanes of at least 4 members (excludes halogenated alkanes) is 2. The molecule has 0 spiro atoms. The number of carbonyl (C=O) groups is 2. The summed E-state index contributed by atoms with van der Waals surface area (Å²) < 4.78 is 0. The number of hydrogen-bond donors (Lipinski definition) is 0. The lowest BCUT2D eigenvalue weighted by atomic mass is 10.1. The lowest BCUT2D eigenvalue weighted by molar-refractivity contribution is -0.125. The normalized spacial score (nSPS) is 9.42. The standard InChI is InChI=1S/C10H16O2/c1-3-4-5-6-7-10(12)8-9(2)11/h3H,1,4-8H2,2H3. The van der Waals surface area contributed by atoms with Crippen molar-refractivity contribution in [3.05, 3.63) is 12.7 Å². The van der Waals surface area contributed by atoms with Gasteiger partial charge in [-0.05, 0) is 26.2 Å². The summed E-state index contributed by atoms with van der Waals surface area (Å²) >= 11 is 0. The first-order valence-corrected chi connectivity index (χ1v) is 4.29. The lowest BCUT2D eigenvalue weighted by Crippen LogP contribution is -2.03. The predicted molar refractivity (Wildman–Crippen MR) is 49.0 cm³/mol. The highest BCUT2D eigenvalue weighted by atomic mass is 16.1. The molecule has 0 aliphatic heterocycles. The zero-order valence-corrected chi connectivity index (χ0v) is 7.64. The molecule has 0 radical (unpaired) electrons. The van der Waals surface area contributed by atoms with E-state index in [1.165, 1.54) is 6.92 Å². The highest BCUT2D eigenvalue weighted by molar-refractivity contribution is 5.97. The third-order valence-electron chi connectivity index (χ3n) is 1.56. The van der Waals surface area contributed by atoms with Crippen LogP contribution in [-0.4, -0.2) is 11.6 Å². The van der Waals surface area contributed by atoms with Crippen LogP contribution >= 0.6 is 0 Å². The average molecular weight is 168 g/mol. The van der Waals surface area contributed by atoms with Crippen molar-refractivity contribution < 1.29 is 9.59 Å². The Morgan fingerprint density at radius 1 is 1.33 bits per heavy atom. The molecule has 0 aromatic carbocycles. The van der Waals surface area contributed by atoms with E-state index in [0.29, 0.717) is 6.42 Å². The highest BCUT2D eigenvalue weighted by Crippen LogP contribution is 2.02. The Morgan fingerprint density at radius 3 is 2.50 bits per heavy atom. The zero-order valence-electron chi connectivity index (χ0n) is 7.64. The monoisotopic (exact) mass is 168 g/mol. The molecular formula is C10H16O2. The molecule has 0 unspecified atom stereocenters. The minimum Gasteiger partial charge on any atom is -0.300 e. The molecule has 12 heavy (non-hydrogen) atoms. The van der Waals surface area contributed by atoms with E-state index in [-0.39, 0.29) is 18.0 Å². The summed E-state index contributed by atoms with van der Waals surface area (Å²) in [5.74, 6) is 0.0234. The number of rotatable bonds is 7. The van der Waals surface area contributed by atoms with Crippen molar-refractivity contribution in [3.8, 4) is 0 Å². The summed E-state index contributed by atoms with van der Waals surface area (Å²) in [7, 11) is 0. The van der Waals surface area contributed by atoms with E-state index in [4.69, 9.17) is 0 Å². The number of Topliss-reactive ketones (excluding diaryl/α,β-unsaturated/α-hetero) is 2. The molecule has 0 saturated heterocycles. The first kappa shape index (κ1) is 11.1. The Hall–Kier alpha value is -0.920. The zero-order chi connectivity index (χ0) is 9.40. The van der Waals surface area contributed by atoms with Gasteiger partial charge in [0.15, 0.2) is 0 Å². The minimum atomic E-state index is -0.0382. The van der Waals surface area contributed by atoms with Crippen molar-refractivity contribution in [2.24, 2.45) is 0 Å². The number of ketones is 2. The first-order chi connectivity index (χ1) is 5.66. The predicted octanol–water partition coefficient (Wildman–Crippen LogP) is 2.28. The van der Waals surface area contributed by atoms with Crippen molar-refractivity contribution in [1.82, 2.24) is 0 Å². The number of carbonyl (C=O) groups excluding carboxylic acids is 2. The molecule has 0 rings (SSSR count). The van der Waals surface area contributed by atoms with E-state index in [2.05, 4.69) is 6.58 Å². The molecule has 0 saturated carbocycles. The molecule has 0 aromatic rings. The van der Waals surface area contributed by atoms with Crippen LogP contribution in [0.1, 0.15) is 39.0 Å². The maximum absolute atomic E-state index is 11.0.